The molecule has 1 amide bonds. The lowest BCUT2D eigenvalue weighted by atomic mass is 10.1. The van der Waals surface area contributed by atoms with Crippen molar-refractivity contribution in [2.75, 3.05) is 10.6 Å². The summed E-state index contributed by atoms with van der Waals surface area (Å²) < 4.78 is 52.3. The standard InChI is InChI=1S/C18H12F4N4O/c19-11-4-3-5-12(8-11)25-16-9-15(23-10-24-16)17(27)26-14-7-2-1-6-13(14)18(20,21)22/h1-10H,(H,26,27)(H,23,24,25). The van der Waals surface area contributed by atoms with Crippen molar-refractivity contribution in [2.45, 2.75) is 6.18 Å². The minimum Gasteiger partial charge on any atom is -0.340 e. The van der Waals surface area contributed by atoms with Crippen molar-refractivity contribution in [3.05, 3.63) is 78.0 Å². The highest BCUT2D eigenvalue weighted by molar-refractivity contribution is 6.03. The Balaban J connectivity index is 1.81. The molecule has 0 atom stereocenters. The molecule has 0 bridgehead atoms. The van der Waals surface area contributed by atoms with E-state index in [0.29, 0.717) is 5.69 Å². The van der Waals surface area contributed by atoms with Crippen molar-refractivity contribution in [1.29, 1.82) is 0 Å². The minimum absolute atomic E-state index is 0.152. The number of alkyl halides is 3. The Labute approximate surface area is 151 Å². The van der Waals surface area contributed by atoms with Crippen LogP contribution in [0.2, 0.25) is 0 Å². The summed E-state index contributed by atoms with van der Waals surface area (Å²) in [6.07, 6.45) is -3.54. The maximum atomic E-state index is 13.2. The van der Waals surface area contributed by atoms with Gasteiger partial charge in [0, 0.05) is 11.8 Å². The van der Waals surface area contributed by atoms with Gasteiger partial charge in [-0.15, -0.1) is 0 Å². The van der Waals surface area contributed by atoms with Crippen LogP contribution in [-0.2, 0) is 6.18 Å². The average Bonchev–Trinajstić information content (AvgIpc) is 2.61. The first-order chi connectivity index (χ1) is 12.8. The van der Waals surface area contributed by atoms with Gasteiger partial charge in [-0.1, -0.05) is 18.2 Å². The van der Waals surface area contributed by atoms with Gasteiger partial charge in [-0.25, -0.2) is 14.4 Å². The Hall–Kier alpha value is -3.49. The third kappa shape index (κ3) is 4.57. The smallest absolute Gasteiger partial charge is 0.340 e. The molecule has 3 rings (SSSR count). The van der Waals surface area contributed by atoms with Gasteiger partial charge in [0.05, 0.1) is 11.3 Å². The monoisotopic (exact) mass is 376 g/mol. The van der Waals surface area contributed by atoms with Crippen LogP contribution >= 0.6 is 0 Å². The van der Waals surface area contributed by atoms with Crippen molar-refractivity contribution in [3.8, 4) is 0 Å². The molecule has 3 aromatic rings. The fourth-order valence-electron chi connectivity index (χ4n) is 2.29. The summed E-state index contributed by atoms with van der Waals surface area (Å²) >= 11 is 0. The largest absolute Gasteiger partial charge is 0.418 e. The van der Waals surface area contributed by atoms with Gasteiger partial charge < -0.3 is 10.6 Å². The molecule has 2 N–H and O–H groups in total. The summed E-state index contributed by atoms with van der Waals surface area (Å²) in [6, 6.07) is 11.4. The summed E-state index contributed by atoms with van der Waals surface area (Å²) in [6.45, 7) is 0. The second-order valence-electron chi connectivity index (χ2n) is 5.42. The molecule has 138 valence electrons. The second kappa shape index (κ2) is 7.40. The first kappa shape index (κ1) is 18.3. The van der Waals surface area contributed by atoms with Gasteiger partial charge in [0.1, 0.15) is 23.7 Å². The number of para-hydroxylation sites is 1. The predicted molar refractivity (Wildman–Crippen MR) is 91.1 cm³/mol. The van der Waals surface area contributed by atoms with E-state index in [9.17, 15) is 22.4 Å². The fourth-order valence-corrected chi connectivity index (χ4v) is 2.29. The fraction of sp³-hybridized carbons (Fsp3) is 0.0556. The zero-order valence-electron chi connectivity index (χ0n) is 13.6. The molecule has 0 radical (unpaired) electrons. The maximum absolute atomic E-state index is 13.2. The van der Waals surface area contributed by atoms with Crippen LogP contribution in [-0.4, -0.2) is 15.9 Å². The topological polar surface area (TPSA) is 66.9 Å². The number of rotatable bonds is 4. The highest BCUT2D eigenvalue weighted by atomic mass is 19.4. The van der Waals surface area contributed by atoms with E-state index in [1.807, 2.05) is 0 Å². The Bertz CT molecular complexity index is 975. The first-order valence-corrected chi connectivity index (χ1v) is 7.65. The molecule has 0 spiro atoms. The number of halogens is 4. The van der Waals surface area contributed by atoms with Crippen LogP contribution in [0.5, 0.6) is 0 Å². The number of benzene rings is 2. The van der Waals surface area contributed by atoms with E-state index in [-0.39, 0.29) is 17.2 Å². The molecule has 0 saturated heterocycles. The van der Waals surface area contributed by atoms with Crippen molar-refractivity contribution in [2.24, 2.45) is 0 Å². The number of anilines is 3. The lowest BCUT2D eigenvalue weighted by Gasteiger charge is -2.13. The zero-order valence-corrected chi connectivity index (χ0v) is 13.6. The molecule has 2 aromatic carbocycles. The highest BCUT2D eigenvalue weighted by Gasteiger charge is 2.33. The van der Waals surface area contributed by atoms with Crippen molar-refractivity contribution < 1.29 is 22.4 Å². The molecule has 0 aliphatic rings. The number of amides is 1. The van der Waals surface area contributed by atoms with Gasteiger partial charge in [-0.05, 0) is 30.3 Å². The molecule has 1 heterocycles. The molecule has 1 aromatic heterocycles. The van der Waals surface area contributed by atoms with Crippen LogP contribution in [0.4, 0.5) is 34.8 Å². The molecule has 0 aliphatic carbocycles. The summed E-state index contributed by atoms with van der Waals surface area (Å²) in [4.78, 5) is 20.0. The van der Waals surface area contributed by atoms with E-state index in [1.165, 1.54) is 36.4 Å². The zero-order chi connectivity index (χ0) is 19.4. The lowest BCUT2D eigenvalue weighted by Crippen LogP contribution is -2.18. The van der Waals surface area contributed by atoms with Crippen LogP contribution in [0.15, 0.2) is 60.9 Å². The molecular weight excluding hydrogens is 364 g/mol. The molecule has 5 nitrogen and oxygen atoms in total. The van der Waals surface area contributed by atoms with Crippen LogP contribution in [0.1, 0.15) is 16.1 Å². The summed E-state index contributed by atoms with van der Waals surface area (Å²) in [5.41, 5.74) is -1.11. The van der Waals surface area contributed by atoms with Crippen molar-refractivity contribution in [1.82, 2.24) is 9.97 Å². The van der Waals surface area contributed by atoms with Gasteiger partial charge in [0.15, 0.2) is 0 Å². The molecule has 0 saturated carbocycles. The van der Waals surface area contributed by atoms with Crippen molar-refractivity contribution in [3.63, 3.8) is 0 Å². The molecular formula is C18H12F4N4O. The number of nitrogens with one attached hydrogen (secondary N) is 2. The third-order valence-corrected chi connectivity index (χ3v) is 3.48. The summed E-state index contributed by atoms with van der Waals surface area (Å²) in [5, 5.41) is 4.98. The van der Waals surface area contributed by atoms with E-state index < -0.39 is 23.5 Å². The molecule has 0 unspecified atom stereocenters. The molecule has 0 fully saturated rings. The Kier molecular flexibility index (Phi) is 5.02. The Morgan fingerprint density at radius 1 is 0.963 bits per heavy atom. The molecule has 0 aliphatic heterocycles. The Morgan fingerprint density at radius 3 is 2.48 bits per heavy atom. The first-order valence-electron chi connectivity index (χ1n) is 7.65. The number of hydrogen-bond donors (Lipinski definition) is 2. The number of carbonyl (C=O) groups is 1. The van der Waals surface area contributed by atoms with Gasteiger partial charge in [0.2, 0.25) is 0 Å². The SMILES string of the molecule is O=C(Nc1ccccc1C(F)(F)F)c1cc(Nc2cccc(F)c2)ncn1. The van der Waals surface area contributed by atoms with E-state index in [1.54, 1.807) is 6.07 Å². The lowest BCUT2D eigenvalue weighted by molar-refractivity contribution is -0.136. The number of aromatic nitrogens is 2. The van der Waals surface area contributed by atoms with Crippen LogP contribution in [0, 0.1) is 5.82 Å². The van der Waals surface area contributed by atoms with Crippen LogP contribution in [0.3, 0.4) is 0 Å². The second-order valence-corrected chi connectivity index (χ2v) is 5.42. The van der Waals surface area contributed by atoms with E-state index in [2.05, 4.69) is 20.6 Å². The Morgan fingerprint density at radius 2 is 1.74 bits per heavy atom. The van der Waals surface area contributed by atoms with Crippen molar-refractivity contribution >= 4 is 23.1 Å². The molecule has 9 heteroatoms. The summed E-state index contributed by atoms with van der Waals surface area (Å²) in [7, 11) is 0. The normalized spacial score (nSPS) is 11.1. The van der Waals surface area contributed by atoms with E-state index in [0.717, 1.165) is 18.5 Å². The quantitative estimate of drug-likeness (QED) is 0.652. The number of nitrogens with zero attached hydrogens (tertiary/aromatic N) is 2. The van der Waals surface area contributed by atoms with Gasteiger partial charge >= 0.3 is 6.18 Å². The van der Waals surface area contributed by atoms with E-state index in [4.69, 9.17) is 0 Å². The van der Waals surface area contributed by atoms with Gasteiger partial charge in [-0.2, -0.15) is 13.2 Å². The minimum atomic E-state index is -4.61. The highest BCUT2D eigenvalue weighted by Crippen LogP contribution is 2.34. The number of hydrogen-bond acceptors (Lipinski definition) is 4. The van der Waals surface area contributed by atoms with Crippen LogP contribution in [0.25, 0.3) is 0 Å². The predicted octanol–water partition coefficient (Wildman–Crippen LogP) is 4.63. The summed E-state index contributed by atoms with van der Waals surface area (Å²) in [5.74, 6) is -1.11. The van der Waals surface area contributed by atoms with E-state index >= 15 is 0 Å². The molecule has 27 heavy (non-hydrogen) atoms. The maximum Gasteiger partial charge on any atom is 0.418 e. The van der Waals surface area contributed by atoms with Gasteiger partial charge in [0.25, 0.3) is 5.91 Å². The number of carbonyl (C=O) groups excluding carboxylic acids is 1. The van der Waals surface area contributed by atoms with Crippen LogP contribution < -0.4 is 10.6 Å². The average molecular weight is 376 g/mol. The van der Waals surface area contributed by atoms with Gasteiger partial charge in [-0.3, -0.25) is 4.79 Å². The third-order valence-electron chi connectivity index (χ3n) is 3.48.